The monoisotopic (exact) mass is 352 g/mol. The maximum Gasteiger partial charge on any atom is 0.539 e. The molecule has 1 rings (SSSR count). The van der Waals surface area contributed by atoms with Crippen molar-refractivity contribution < 1.29 is 32.3 Å². The summed E-state index contributed by atoms with van der Waals surface area (Å²) in [7, 11) is -9.39. The molecule has 0 aliphatic carbocycles. The Bertz CT molecular complexity index is 514. The van der Waals surface area contributed by atoms with Crippen molar-refractivity contribution in [1.82, 2.24) is 0 Å². The molecule has 1 unspecified atom stereocenters. The molecule has 0 fully saturated rings. The molecule has 0 aliphatic rings. The van der Waals surface area contributed by atoms with E-state index in [0.29, 0.717) is 6.42 Å². The normalized spacial score (nSPS) is 14.5. The fourth-order valence-corrected chi connectivity index (χ4v) is 3.84. The van der Waals surface area contributed by atoms with Crippen LogP contribution in [0.25, 0.3) is 0 Å². The minimum absolute atomic E-state index is 0.0355. The minimum Gasteiger partial charge on any atom is -0.404 e. The van der Waals surface area contributed by atoms with Crippen LogP contribution in [0.3, 0.4) is 0 Å². The van der Waals surface area contributed by atoms with E-state index in [4.69, 9.17) is 18.8 Å². The topological polar surface area (TPSA) is 102 Å². The van der Waals surface area contributed by atoms with E-state index >= 15 is 0 Å². The van der Waals surface area contributed by atoms with Crippen molar-refractivity contribution >= 4 is 15.6 Å². The molecule has 1 aromatic carbocycles. The third-order valence-electron chi connectivity index (χ3n) is 2.66. The van der Waals surface area contributed by atoms with Gasteiger partial charge in [0, 0.05) is 0 Å². The third-order valence-corrected chi connectivity index (χ3v) is 5.25. The molecule has 1 atom stereocenters. The number of rotatable bonds is 11. The summed E-state index contributed by atoms with van der Waals surface area (Å²) >= 11 is 0. The highest BCUT2D eigenvalue weighted by Gasteiger charge is 2.37. The second-order valence-corrected chi connectivity index (χ2v) is 7.64. The Morgan fingerprint density at radius 1 is 1.00 bits per heavy atom. The zero-order chi connectivity index (χ0) is 16.5. The van der Waals surface area contributed by atoms with E-state index in [1.54, 1.807) is 18.2 Å². The summed E-state index contributed by atoms with van der Waals surface area (Å²) in [4.78, 5) is 17.7. The Hall–Kier alpha value is -0.680. The Morgan fingerprint density at radius 2 is 1.64 bits per heavy atom. The molecule has 1 aromatic rings. The molecule has 9 heteroatoms. The van der Waals surface area contributed by atoms with Crippen LogP contribution in [0, 0.1) is 0 Å². The fourth-order valence-electron chi connectivity index (χ4n) is 1.69. The lowest BCUT2D eigenvalue weighted by Crippen LogP contribution is -2.03. The summed E-state index contributed by atoms with van der Waals surface area (Å²) in [6, 6.07) is 7.95. The molecule has 22 heavy (non-hydrogen) atoms. The summed E-state index contributed by atoms with van der Waals surface area (Å²) in [5, 5.41) is 0. The molecular formula is C13H22O7P2. The van der Waals surface area contributed by atoms with Crippen LogP contribution in [0.4, 0.5) is 0 Å². The second-order valence-electron chi connectivity index (χ2n) is 4.67. The highest BCUT2D eigenvalue weighted by Crippen LogP contribution is 2.60. The lowest BCUT2D eigenvalue weighted by molar-refractivity contribution is 0.181. The summed E-state index contributed by atoms with van der Waals surface area (Å²) in [5.41, 5.74) is 0. The van der Waals surface area contributed by atoms with Gasteiger partial charge in [-0.15, -0.1) is 0 Å². The zero-order valence-corrected chi connectivity index (χ0v) is 14.2. The summed E-state index contributed by atoms with van der Waals surface area (Å²) < 4.78 is 37.5. The van der Waals surface area contributed by atoms with E-state index in [-0.39, 0.29) is 12.4 Å². The molecular weight excluding hydrogens is 330 g/mol. The first kappa shape index (κ1) is 19.4. The number of phosphoric acid groups is 2. The number of unbranched alkanes of at least 4 members (excludes halogenated alkanes) is 4. The van der Waals surface area contributed by atoms with Crippen LogP contribution >= 0.6 is 15.6 Å². The third kappa shape index (κ3) is 8.69. The van der Waals surface area contributed by atoms with Gasteiger partial charge in [0.1, 0.15) is 5.75 Å². The number of hydrogen-bond donors (Lipinski definition) is 2. The van der Waals surface area contributed by atoms with Gasteiger partial charge in [-0.3, -0.25) is 4.52 Å². The molecule has 0 amide bonds. The second kappa shape index (κ2) is 9.46. The predicted molar refractivity (Wildman–Crippen MR) is 82.5 cm³/mol. The summed E-state index contributed by atoms with van der Waals surface area (Å²) in [6.07, 6.45) is 4.68. The Morgan fingerprint density at radius 3 is 2.23 bits per heavy atom. The van der Waals surface area contributed by atoms with E-state index in [1.165, 1.54) is 12.1 Å². The van der Waals surface area contributed by atoms with Gasteiger partial charge in [-0.2, -0.15) is 4.31 Å². The molecule has 0 aliphatic heterocycles. The number of hydrogen-bond acceptors (Lipinski definition) is 5. The van der Waals surface area contributed by atoms with Crippen molar-refractivity contribution in [3.05, 3.63) is 30.3 Å². The van der Waals surface area contributed by atoms with Crippen molar-refractivity contribution in [2.75, 3.05) is 6.61 Å². The highest BCUT2D eigenvalue weighted by atomic mass is 31.3. The minimum atomic E-state index is -5.00. The van der Waals surface area contributed by atoms with Crippen LogP contribution in [-0.4, -0.2) is 16.4 Å². The standard InChI is InChI=1S/C13H22O7P2/c1-2-3-4-5-9-12-18-22(17,20-21(14,15)16)19-13-10-7-6-8-11-13/h6-8,10-11H,2-5,9,12H2,1H3,(H2,14,15,16). The van der Waals surface area contributed by atoms with Gasteiger partial charge in [0.15, 0.2) is 0 Å². The Kier molecular flexibility index (Phi) is 8.33. The van der Waals surface area contributed by atoms with Crippen molar-refractivity contribution in [2.24, 2.45) is 0 Å². The predicted octanol–water partition coefficient (Wildman–Crippen LogP) is 4.27. The van der Waals surface area contributed by atoms with Gasteiger partial charge in [0.05, 0.1) is 6.61 Å². The smallest absolute Gasteiger partial charge is 0.404 e. The average molecular weight is 352 g/mol. The van der Waals surface area contributed by atoms with Crippen molar-refractivity contribution in [3.63, 3.8) is 0 Å². The van der Waals surface area contributed by atoms with Crippen LogP contribution in [0.1, 0.15) is 39.0 Å². The van der Waals surface area contributed by atoms with E-state index in [2.05, 4.69) is 11.2 Å². The molecule has 7 nitrogen and oxygen atoms in total. The van der Waals surface area contributed by atoms with Gasteiger partial charge in [-0.05, 0) is 18.6 Å². The maximum absolute atomic E-state index is 12.3. The summed E-state index contributed by atoms with van der Waals surface area (Å²) in [5.74, 6) is 0.144. The van der Waals surface area contributed by atoms with Crippen LogP contribution in [0.2, 0.25) is 0 Å². The van der Waals surface area contributed by atoms with Crippen molar-refractivity contribution in [1.29, 1.82) is 0 Å². The molecule has 0 aromatic heterocycles. The Labute approximate surface area is 130 Å². The van der Waals surface area contributed by atoms with Gasteiger partial charge >= 0.3 is 15.6 Å². The summed E-state index contributed by atoms with van der Waals surface area (Å²) in [6.45, 7) is 2.13. The van der Waals surface area contributed by atoms with Crippen LogP contribution in [-0.2, 0) is 18.0 Å². The van der Waals surface area contributed by atoms with Crippen LogP contribution in [0.5, 0.6) is 5.75 Å². The van der Waals surface area contributed by atoms with Gasteiger partial charge in [0.2, 0.25) is 0 Å². The first-order chi connectivity index (χ1) is 10.3. The number of para-hydroxylation sites is 1. The number of benzene rings is 1. The molecule has 2 N–H and O–H groups in total. The number of phosphoric ester groups is 1. The van der Waals surface area contributed by atoms with Crippen LogP contribution in [0.15, 0.2) is 30.3 Å². The van der Waals surface area contributed by atoms with Gasteiger partial charge < -0.3 is 14.3 Å². The SMILES string of the molecule is CCCCCCCOP(=O)(Oc1ccccc1)OP(=O)(O)O. The first-order valence-corrected chi connectivity index (χ1v) is 10.1. The van der Waals surface area contributed by atoms with Gasteiger partial charge in [-0.1, -0.05) is 50.8 Å². The lowest BCUT2D eigenvalue weighted by Gasteiger charge is -2.18. The quantitative estimate of drug-likeness (QED) is 0.453. The fraction of sp³-hybridized carbons (Fsp3) is 0.538. The maximum atomic E-state index is 12.3. The van der Waals surface area contributed by atoms with E-state index < -0.39 is 15.6 Å². The molecule has 0 spiro atoms. The first-order valence-electron chi connectivity index (χ1n) is 7.11. The molecule has 0 saturated carbocycles. The van der Waals surface area contributed by atoms with E-state index in [1.807, 2.05) is 0 Å². The molecule has 0 bridgehead atoms. The van der Waals surface area contributed by atoms with Gasteiger partial charge in [0.25, 0.3) is 0 Å². The molecule has 0 saturated heterocycles. The average Bonchev–Trinajstić information content (AvgIpc) is 2.41. The molecule has 0 radical (unpaired) electrons. The molecule has 126 valence electrons. The highest BCUT2D eigenvalue weighted by molar-refractivity contribution is 7.61. The van der Waals surface area contributed by atoms with Crippen molar-refractivity contribution in [2.45, 2.75) is 39.0 Å². The van der Waals surface area contributed by atoms with E-state index in [9.17, 15) is 9.13 Å². The Balaban J connectivity index is 2.59. The zero-order valence-electron chi connectivity index (χ0n) is 12.5. The van der Waals surface area contributed by atoms with Crippen molar-refractivity contribution in [3.8, 4) is 5.75 Å². The molecule has 0 heterocycles. The lowest BCUT2D eigenvalue weighted by atomic mass is 10.2. The van der Waals surface area contributed by atoms with E-state index in [0.717, 1.165) is 25.7 Å². The van der Waals surface area contributed by atoms with Gasteiger partial charge in [-0.25, -0.2) is 9.13 Å². The van der Waals surface area contributed by atoms with Crippen LogP contribution < -0.4 is 4.52 Å². The largest absolute Gasteiger partial charge is 0.539 e.